The second-order valence-electron chi connectivity index (χ2n) is 2.55. The van der Waals surface area contributed by atoms with Crippen LogP contribution in [0.15, 0.2) is 6.07 Å². The fourth-order valence-electron chi connectivity index (χ4n) is 0.950. The molecule has 0 bridgehead atoms. The number of halogens is 4. The number of aryl methyl sites for hydroxylation is 1. The fourth-order valence-corrected chi connectivity index (χ4v) is 1.14. The van der Waals surface area contributed by atoms with E-state index in [9.17, 15) is 13.2 Å². The third-order valence-corrected chi connectivity index (χ3v) is 1.95. The van der Waals surface area contributed by atoms with Gasteiger partial charge in [-0.2, -0.15) is 4.39 Å². The highest BCUT2D eigenvalue weighted by Crippen LogP contribution is 2.23. The van der Waals surface area contributed by atoms with E-state index in [4.69, 9.17) is 11.6 Å². The van der Waals surface area contributed by atoms with Crippen LogP contribution in [-0.2, 0) is 5.88 Å². The van der Waals surface area contributed by atoms with Gasteiger partial charge >= 0.3 is 0 Å². The molecule has 0 N–H and O–H groups in total. The lowest BCUT2D eigenvalue weighted by atomic mass is 10.1. The molecule has 0 aliphatic rings. The van der Waals surface area contributed by atoms with Crippen molar-refractivity contribution in [3.05, 3.63) is 28.8 Å². The highest BCUT2D eigenvalue weighted by Gasteiger charge is 2.15. The first-order valence-corrected chi connectivity index (χ1v) is 4.09. The zero-order chi connectivity index (χ0) is 10.0. The lowest BCUT2D eigenvalue weighted by Crippen LogP contribution is -2.00. The molecule has 1 aromatic rings. The maximum atomic E-state index is 12.9. The van der Waals surface area contributed by atoms with Crippen molar-refractivity contribution in [3.63, 3.8) is 0 Å². The molecule has 0 radical (unpaired) electrons. The van der Waals surface area contributed by atoms with Crippen LogP contribution in [0.2, 0.25) is 0 Å². The summed E-state index contributed by atoms with van der Waals surface area (Å²) in [5, 5.41) is 0. The Balaban J connectivity index is 3.22. The van der Waals surface area contributed by atoms with E-state index in [0.29, 0.717) is 0 Å². The Bertz CT molecular complexity index is 315. The van der Waals surface area contributed by atoms with Gasteiger partial charge in [-0.3, -0.25) is 0 Å². The molecule has 1 heterocycles. The molecule has 5 heteroatoms. The van der Waals surface area contributed by atoms with Crippen LogP contribution in [0.3, 0.4) is 0 Å². The molecule has 0 atom stereocenters. The van der Waals surface area contributed by atoms with Crippen molar-refractivity contribution in [2.45, 2.75) is 19.2 Å². The number of rotatable bonds is 2. The summed E-state index contributed by atoms with van der Waals surface area (Å²) in [6.45, 7) is 1.34. The van der Waals surface area contributed by atoms with Gasteiger partial charge in [0.15, 0.2) is 0 Å². The Kier molecular flexibility index (Phi) is 3.14. The molecule has 0 unspecified atom stereocenters. The van der Waals surface area contributed by atoms with Crippen LogP contribution < -0.4 is 0 Å². The summed E-state index contributed by atoms with van der Waals surface area (Å²) in [5.74, 6) is -0.935. The molecule has 1 nitrogen and oxygen atoms in total. The second-order valence-corrected chi connectivity index (χ2v) is 2.81. The molecule has 13 heavy (non-hydrogen) atoms. The molecule has 0 spiro atoms. The molecule has 72 valence electrons. The minimum atomic E-state index is -2.64. The van der Waals surface area contributed by atoms with Gasteiger partial charge in [0.2, 0.25) is 5.95 Å². The lowest BCUT2D eigenvalue weighted by molar-refractivity contribution is 0.149. The van der Waals surface area contributed by atoms with Gasteiger partial charge in [0.05, 0.1) is 5.88 Å². The number of hydrogen-bond acceptors (Lipinski definition) is 1. The minimum absolute atomic E-state index is 0.00127. The topological polar surface area (TPSA) is 12.9 Å². The molecule has 0 aliphatic heterocycles. The van der Waals surface area contributed by atoms with Crippen molar-refractivity contribution in [2.24, 2.45) is 0 Å². The van der Waals surface area contributed by atoms with Crippen molar-refractivity contribution in [1.82, 2.24) is 4.98 Å². The molecule has 0 saturated carbocycles. The summed E-state index contributed by atoms with van der Waals surface area (Å²) < 4.78 is 37.4. The summed E-state index contributed by atoms with van der Waals surface area (Å²) in [6, 6.07) is 1.05. The van der Waals surface area contributed by atoms with Gasteiger partial charge in [-0.15, -0.1) is 11.6 Å². The predicted octanol–water partition coefficient (Wildman–Crippen LogP) is 3.21. The highest BCUT2D eigenvalue weighted by molar-refractivity contribution is 6.17. The van der Waals surface area contributed by atoms with Gasteiger partial charge in [0.1, 0.15) is 0 Å². The van der Waals surface area contributed by atoms with E-state index < -0.39 is 12.4 Å². The maximum absolute atomic E-state index is 12.9. The quantitative estimate of drug-likeness (QED) is 0.538. The van der Waals surface area contributed by atoms with E-state index in [-0.39, 0.29) is 22.7 Å². The van der Waals surface area contributed by atoms with Crippen LogP contribution in [0.25, 0.3) is 0 Å². The standard InChI is InChI=1S/C8H7ClF3N/c1-4-6(7(10)11)2-5(3-9)8(12)13-4/h2,7H,3H2,1H3. The molecule has 0 fully saturated rings. The van der Waals surface area contributed by atoms with Crippen molar-refractivity contribution < 1.29 is 13.2 Å². The zero-order valence-electron chi connectivity index (χ0n) is 6.82. The summed E-state index contributed by atoms with van der Waals surface area (Å²) in [7, 11) is 0. The molecule has 1 rings (SSSR count). The van der Waals surface area contributed by atoms with E-state index >= 15 is 0 Å². The Morgan fingerprint density at radius 3 is 2.62 bits per heavy atom. The first kappa shape index (κ1) is 10.3. The van der Waals surface area contributed by atoms with Crippen molar-refractivity contribution in [3.8, 4) is 0 Å². The number of pyridine rings is 1. The maximum Gasteiger partial charge on any atom is 0.265 e. The summed E-state index contributed by atoms with van der Waals surface area (Å²) in [5.41, 5.74) is -0.263. The van der Waals surface area contributed by atoms with E-state index in [1.165, 1.54) is 6.92 Å². The van der Waals surface area contributed by atoms with Crippen LogP contribution in [0, 0.1) is 12.9 Å². The van der Waals surface area contributed by atoms with Gasteiger partial charge < -0.3 is 0 Å². The number of aromatic nitrogens is 1. The first-order chi connectivity index (χ1) is 6.06. The average molecular weight is 210 g/mol. The molecule has 0 saturated heterocycles. The number of alkyl halides is 3. The second kappa shape index (κ2) is 3.96. The summed E-state index contributed by atoms with van der Waals surface area (Å²) in [6.07, 6.45) is -2.64. The van der Waals surface area contributed by atoms with Crippen molar-refractivity contribution in [2.75, 3.05) is 0 Å². The Hall–Kier alpha value is -0.770. The molecular weight excluding hydrogens is 203 g/mol. The van der Waals surface area contributed by atoms with E-state index in [1.807, 2.05) is 0 Å². The average Bonchev–Trinajstić information content (AvgIpc) is 2.03. The lowest BCUT2D eigenvalue weighted by Gasteiger charge is -2.06. The van der Waals surface area contributed by atoms with Crippen LogP contribution in [0.1, 0.15) is 23.2 Å². The van der Waals surface area contributed by atoms with Crippen molar-refractivity contribution >= 4 is 11.6 Å². The largest absolute Gasteiger partial charge is 0.265 e. The molecular formula is C8H7ClF3N. The summed E-state index contributed by atoms with van der Waals surface area (Å²) >= 11 is 5.34. The number of nitrogens with zero attached hydrogens (tertiary/aromatic N) is 1. The fraction of sp³-hybridized carbons (Fsp3) is 0.375. The third-order valence-electron chi connectivity index (χ3n) is 1.66. The van der Waals surface area contributed by atoms with E-state index in [0.717, 1.165) is 6.07 Å². The highest BCUT2D eigenvalue weighted by atomic mass is 35.5. The van der Waals surface area contributed by atoms with Crippen LogP contribution >= 0.6 is 11.6 Å². The Labute approximate surface area is 78.5 Å². The van der Waals surface area contributed by atoms with Crippen LogP contribution in [0.4, 0.5) is 13.2 Å². The zero-order valence-corrected chi connectivity index (χ0v) is 7.58. The summed E-state index contributed by atoms with van der Waals surface area (Å²) in [4.78, 5) is 3.33. The van der Waals surface area contributed by atoms with Crippen LogP contribution in [0.5, 0.6) is 0 Å². The monoisotopic (exact) mass is 209 g/mol. The number of hydrogen-bond donors (Lipinski definition) is 0. The molecule has 1 aromatic heterocycles. The van der Waals surface area contributed by atoms with Crippen LogP contribution in [-0.4, -0.2) is 4.98 Å². The van der Waals surface area contributed by atoms with Gasteiger partial charge in [-0.25, -0.2) is 13.8 Å². The van der Waals surface area contributed by atoms with Crippen molar-refractivity contribution in [1.29, 1.82) is 0 Å². The van der Waals surface area contributed by atoms with Gasteiger partial charge in [0, 0.05) is 16.8 Å². The molecule has 0 amide bonds. The van der Waals surface area contributed by atoms with Gasteiger partial charge in [0.25, 0.3) is 6.43 Å². The Morgan fingerprint density at radius 1 is 1.54 bits per heavy atom. The SMILES string of the molecule is Cc1nc(F)c(CCl)cc1C(F)F. The smallest absolute Gasteiger partial charge is 0.224 e. The third kappa shape index (κ3) is 2.12. The molecule has 0 aromatic carbocycles. The van der Waals surface area contributed by atoms with E-state index in [1.54, 1.807) is 0 Å². The van der Waals surface area contributed by atoms with Gasteiger partial charge in [-0.05, 0) is 13.0 Å². The Morgan fingerprint density at radius 2 is 2.15 bits per heavy atom. The predicted molar refractivity (Wildman–Crippen MR) is 43.4 cm³/mol. The molecule has 0 aliphatic carbocycles. The normalized spacial score (nSPS) is 10.9. The first-order valence-electron chi connectivity index (χ1n) is 3.56. The van der Waals surface area contributed by atoms with Gasteiger partial charge in [-0.1, -0.05) is 0 Å². The minimum Gasteiger partial charge on any atom is -0.224 e. The van der Waals surface area contributed by atoms with E-state index in [2.05, 4.69) is 4.98 Å².